The summed E-state index contributed by atoms with van der Waals surface area (Å²) in [4.78, 5) is 45.9. The second kappa shape index (κ2) is 25.3. The number of piperidine rings is 1. The predicted molar refractivity (Wildman–Crippen MR) is 320 cm³/mol. The van der Waals surface area contributed by atoms with Gasteiger partial charge >= 0.3 is 5.51 Å². The van der Waals surface area contributed by atoms with Gasteiger partial charge in [0.05, 0.1) is 10.6 Å². The number of rotatable bonds is 20. The van der Waals surface area contributed by atoms with Crippen LogP contribution in [0.4, 0.5) is 30.2 Å². The Morgan fingerprint density at radius 3 is 2.20 bits per heavy atom. The van der Waals surface area contributed by atoms with Crippen molar-refractivity contribution in [1.29, 1.82) is 0 Å². The summed E-state index contributed by atoms with van der Waals surface area (Å²) in [5.74, 6) is -1.32. The molecular weight excluding hydrogens is 1150 g/mol. The number of nitrogens with zero attached hydrogens (tertiary/aromatic N) is 4. The maximum atomic E-state index is 14.6. The molecule has 5 aromatic rings. The Bertz CT molecular complexity index is 3430. The number of anilines is 3. The molecule has 22 heteroatoms. The number of halogens is 4. The average molecular weight is 1220 g/mol. The van der Waals surface area contributed by atoms with E-state index in [0.717, 1.165) is 112 Å². The van der Waals surface area contributed by atoms with Crippen LogP contribution in [-0.4, -0.2) is 137 Å². The lowest BCUT2D eigenvalue weighted by molar-refractivity contribution is -0.133. The summed E-state index contributed by atoms with van der Waals surface area (Å²) in [6.45, 7) is 11.3. The first-order chi connectivity index (χ1) is 39.6. The lowest BCUT2D eigenvalue weighted by Crippen LogP contribution is -2.54. The van der Waals surface area contributed by atoms with Crippen LogP contribution < -0.4 is 25.6 Å². The van der Waals surface area contributed by atoms with Crippen LogP contribution >= 0.6 is 23.4 Å². The molecule has 442 valence electrons. The highest BCUT2D eigenvalue weighted by Gasteiger charge is 2.49. The summed E-state index contributed by atoms with van der Waals surface area (Å²) in [5, 5.41) is 9.45. The highest BCUT2D eigenvalue weighted by Crippen LogP contribution is 2.43. The van der Waals surface area contributed by atoms with E-state index in [0.29, 0.717) is 42.8 Å². The molecule has 4 atom stereocenters. The van der Waals surface area contributed by atoms with Crippen LogP contribution in [0.3, 0.4) is 0 Å². The number of sulfone groups is 1. The minimum absolute atomic E-state index is 0.0149. The number of hydrogen-bond acceptors (Lipinski definition) is 14. The molecule has 15 nitrogen and oxygen atoms in total. The molecule has 3 unspecified atom stereocenters. The van der Waals surface area contributed by atoms with Gasteiger partial charge in [0.15, 0.2) is 0 Å². The van der Waals surface area contributed by atoms with Gasteiger partial charge < -0.3 is 15.5 Å². The molecule has 1 aliphatic carbocycles. The zero-order valence-electron chi connectivity index (χ0n) is 46.5. The minimum Gasteiger partial charge on any atom is -0.380 e. The first kappa shape index (κ1) is 60.2. The molecule has 4 N–H and O–H groups in total. The van der Waals surface area contributed by atoms with Crippen molar-refractivity contribution >= 4 is 83.6 Å². The third kappa shape index (κ3) is 14.8. The van der Waals surface area contributed by atoms with Gasteiger partial charge in [-0.2, -0.15) is 13.2 Å². The first-order valence-corrected chi connectivity index (χ1v) is 32.6. The van der Waals surface area contributed by atoms with Crippen molar-refractivity contribution < 1.29 is 44.4 Å². The second-order valence-electron chi connectivity index (χ2n) is 23.2. The van der Waals surface area contributed by atoms with Gasteiger partial charge in [-0.1, -0.05) is 73.5 Å². The van der Waals surface area contributed by atoms with Crippen LogP contribution in [0, 0.1) is 5.41 Å². The topological polar surface area (TPSA) is 181 Å². The van der Waals surface area contributed by atoms with Crippen LogP contribution in [0.15, 0.2) is 142 Å². The normalized spacial score (nSPS) is 21.4. The van der Waals surface area contributed by atoms with Gasteiger partial charge in [-0.05, 0) is 146 Å². The van der Waals surface area contributed by atoms with E-state index in [2.05, 4.69) is 61.5 Å². The summed E-state index contributed by atoms with van der Waals surface area (Å²) in [6, 6.07) is 33.6. The Morgan fingerprint density at radius 1 is 0.807 bits per heavy atom. The highest BCUT2D eigenvalue weighted by atomic mass is 35.5. The molecule has 3 amide bonds. The van der Waals surface area contributed by atoms with Gasteiger partial charge in [0.25, 0.3) is 25.8 Å². The molecule has 4 heterocycles. The molecule has 4 fully saturated rings. The third-order valence-corrected chi connectivity index (χ3v) is 20.9. The second-order valence-corrected chi connectivity index (χ2v) is 28.3. The van der Waals surface area contributed by atoms with Crippen LogP contribution in [0.1, 0.15) is 86.7 Å². The number of nitrogens with one attached hydrogen (secondary N) is 4. The molecule has 0 saturated carbocycles. The molecule has 0 radical (unpaired) electrons. The number of thioether (sulfide) groups is 1. The van der Waals surface area contributed by atoms with E-state index in [9.17, 15) is 44.4 Å². The van der Waals surface area contributed by atoms with E-state index < -0.39 is 58.8 Å². The fourth-order valence-corrected chi connectivity index (χ4v) is 15.4. The van der Waals surface area contributed by atoms with Gasteiger partial charge in [0.1, 0.15) is 10.9 Å². The Labute approximate surface area is 493 Å². The Morgan fingerprint density at radius 2 is 1.52 bits per heavy atom. The fraction of sp³-hybridized carbons (Fsp3) is 0.426. The molecular formula is C61H70ClF3N8O7S3. The standard InChI is InChI=1S/C61H70ClF3N8O7S3/c1-60(2)27-25-53(42-11-15-45(62)16-12-42)44(35-60)37-70-29-31-72(32-30-70)48-17-13-43(14-18-48)58(75)69-83(79,80)52-21-22-54(56(34-52)82(77,78)61(63,64)65)67-47(40-81-51-9-4-3-5-10-51)26-28-73-49-19-20-50(73)39-71(38-49)36-41-7-6-8-46(33-41)66-55-23-24-57(74)68-59(55)76/h3-18,21-22,33-34,47,49-50,55,66-67H,19-20,23-32,35-40H2,1-2H3,(H,69,75)(H,68,74,76)/t47-,49?,50?,55?/m1/s1. The summed E-state index contributed by atoms with van der Waals surface area (Å²) in [7, 11) is -11.0. The number of alkyl halides is 3. The SMILES string of the molecule is CC1(C)CCC(c2ccc(Cl)cc2)=C(CN2CCN(c3ccc(C(=O)NS(=O)(=O)c4ccc(N[C@H](CCN5C6CCC5CN(Cc5cccc(NC7CCC(=O)NC7=O)c5)C6)CSc5ccccc5)c(S(=O)(=O)C(F)(F)F)c4)cc3)CC2)C1. The summed E-state index contributed by atoms with van der Waals surface area (Å²) >= 11 is 7.67. The number of carbonyl (C=O) groups excluding carboxylic acids is 3. The number of carbonyl (C=O) groups is 3. The molecule has 5 aliphatic rings. The van der Waals surface area contributed by atoms with Crippen molar-refractivity contribution in [2.75, 3.05) is 73.6 Å². The molecule has 0 aromatic heterocycles. The molecule has 10 rings (SSSR count). The van der Waals surface area contributed by atoms with Crippen LogP contribution in [0.25, 0.3) is 5.57 Å². The first-order valence-electron chi connectivity index (χ1n) is 28.2. The van der Waals surface area contributed by atoms with E-state index in [1.165, 1.54) is 40.6 Å². The number of hydrogen-bond donors (Lipinski definition) is 4. The van der Waals surface area contributed by atoms with E-state index in [-0.39, 0.29) is 41.3 Å². The molecule has 4 aliphatic heterocycles. The van der Waals surface area contributed by atoms with Crippen LogP contribution in [-0.2, 0) is 36.0 Å². The lowest BCUT2D eigenvalue weighted by Gasteiger charge is -2.41. The molecule has 2 bridgehead atoms. The van der Waals surface area contributed by atoms with Gasteiger partial charge in [-0.25, -0.2) is 21.6 Å². The van der Waals surface area contributed by atoms with Crippen molar-refractivity contribution in [1.82, 2.24) is 24.7 Å². The van der Waals surface area contributed by atoms with Crippen LogP contribution in [0.5, 0.6) is 0 Å². The van der Waals surface area contributed by atoms with Crippen molar-refractivity contribution in [2.45, 2.75) is 116 Å². The minimum atomic E-state index is -6.13. The maximum Gasteiger partial charge on any atom is 0.501 e. The Kier molecular flexibility index (Phi) is 18.4. The van der Waals surface area contributed by atoms with Crippen molar-refractivity contribution in [3.63, 3.8) is 0 Å². The Balaban J connectivity index is 0.785. The van der Waals surface area contributed by atoms with Crippen molar-refractivity contribution in [2.24, 2.45) is 5.41 Å². The van der Waals surface area contributed by atoms with E-state index in [4.69, 9.17) is 11.6 Å². The number of allylic oxidation sites excluding steroid dienone is 1. The van der Waals surface area contributed by atoms with Gasteiger partial charge in [0.2, 0.25) is 11.8 Å². The number of benzene rings is 5. The molecule has 0 spiro atoms. The van der Waals surface area contributed by atoms with E-state index >= 15 is 0 Å². The van der Waals surface area contributed by atoms with E-state index in [1.807, 2.05) is 71.5 Å². The van der Waals surface area contributed by atoms with Gasteiger partial charge in [-0.15, -0.1) is 11.8 Å². The van der Waals surface area contributed by atoms with Crippen LogP contribution in [0.2, 0.25) is 5.02 Å². The third-order valence-electron chi connectivity index (χ3n) is 16.6. The molecule has 4 saturated heterocycles. The number of piperazine rings is 2. The highest BCUT2D eigenvalue weighted by molar-refractivity contribution is 7.99. The smallest absolute Gasteiger partial charge is 0.380 e. The van der Waals surface area contributed by atoms with Crippen molar-refractivity contribution in [3.8, 4) is 0 Å². The summed E-state index contributed by atoms with van der Waals surface area (Å²) in [6.07, 6.45) is 6.12. The quantitative estimate of drug-likeness (QED) is 0.0427. The maximum absolute atomic E-state index is 14.6. The zero-order chi connectivity index (χ0) is 58.7. The number of likely N-dealkylation sites (tertiary alicyclic amines) is 1. The number of imide groups is 1. The molecule has 5 aromatic carbocycles. The Hall–Kier alpha value is -5.94. The van der Waals surface area contributed by atoms with Gasteiger partial charge in [-0.3, -0.25) is 34.4 Å². The average Bonchev–Trinajstić information content (AvgIpc) is 3.80. The monoisotopic (exact) mass is 1210 g/mol. The van der Waals surface area contributed by atoms with Gasteiger partial charge in [0, 0.05) is 116 Å². The molecule has 83 heavy (non-hydrogen) atoms. The predicted octanol–water partition coefficient (Wildman–Crippen LogP) is 10.1. The lowest BCUT2D eigenvalue weighted by atomic mass is 9.73. The summed E-state index contributed by atoms with van der Waals surface area (Å²) in [5.41, 5.74) is 0.714. The summed E-state index contributed by atoms with van der Waals surface area (Å²) < 4.78 is 100. The number of amides is 3. The fourth-order valence-electron chi connectivity index (χ4n) is 12.3. The number of sulfonamides is 1. The zero-order valence-corrected chi connectivity index (χ0v) is 49.7. The number of fused-ring (bicyclic) bond motifs is 2. The largest absolute Gasteiger partial charge is 0.501 e. The van der Waals surface area contributed by atoms with Crippen molar-refractivity contribution in [3.05, 3.63) is 149 Å². The van der Waals surface area contributed by atoms with E-state index in [1.54, 1.807) is 12.1 Å².